The fourth-order valence-electron chi connectivity index (χ4n) is 5.78. The Balaban J connectivity index is 1.11. The molecule has 7 heteroatoms. The highest BCUT2D eigenvalue weighted by Gasteiger charge is 2.58. The molecule has 1 spiro atoms. The van der Waals surface area contributed by atoms with E-state index >= 15 is 4.39 Å². The molecule has 2 amide bonds. The molecule has 2 saturated carbocycles. The van der Waals surface area contributed by atoms with E-state index < -0.39 is 5.54 Å². The Labute approximate surface area is 209 Å². The molecule has 7 rings (SSSR count). The fraction of sp³-hybridized carbons (Fsp3) is 0.414. The molecule has 2 heterocycles. The lowest BCUT2D eigenvalue weighted by molar-refractivity contribution is -0.139. The van der Waals surface area contributed by atoms with Crippen LogP contribution >= 0.6 is 0 Å². The van der Waals surface area contributed by atoms with Gasteiger partial charge in [-0.1, -0.05) is 24.3 Å². The number of aliphatic hydroxyl groups excluding tert-OH is 1. The molecule has 184 valence electrons. The summed E-state index contributed by atoms with van der Waals surface area (Å²) in [6, 6.07) is 5.16. The van der Waals surface area contributed by atoms with Crippen LogP contribution in [0.25, 0.3) is 5.57 Å². The van der Waals surface area contributed by atoms with E-state index in [4.69, 9.17) is 4.99 Å². The van der Waals surface area contributed by atoms with Crippen LogP contribution in [0.15, 0.2) is 64.9 Å². The van der Waals surface area contributed by atoms with Crippen molar-refractivity contribution in [2.45, 2.75) is 37.6 Å². The van der Waals surface area contributed by atoms with E-state index in [1.165, 1.54) is 6.07 Å². The number of amidine groups is 1. The third kappa shape index (κ3) is 3.55. The zero-order valence-corrected chi connectivity index (χ0v) is 20.0. The van der Waals surface area contributed by atoms with E-state index in [0.29, 0.717) is 43.9 Å². The van der Waals surface area contributed by atoms with Crippen molar-refractivity contribution in [2.75, 3.05) is 19.6 Å². The Morgan fingerprint density at radius 1 is 1.19 bits per heavy atom. The average molecular weight is 486 g/mol. The number of amides is 2. The van der Waals surface area contributed by atoms with Crippen molar-refractivity contribution in [3.8, 4) is 0 Å². The van der Waals surface area contributed by atoms with Crippen LogP contribution in [-0.2, 0) is 9.59 Å². The van der Waals surface area contributed by atoms with Gasteiger partial charge in [-0.3, -0.25) is 19.5 Å². The first kappa shape index (κ1) is 21.8. The minimum atomic E-state index is -0.703. The van der Waals surface area contributed by atoms with Gasteiger partial charge in [-0.25, -0.2) is 4.39 Å². The second-order valence-corrected chi connectivity index (χ2v) is 11.0. The number of halogens is 1. The highest BCUT2D eigenvalue weighted by Crippen LogP contribution is 2.46. The Bertz CT molecular complexity index is 1340. The summed E-state index contributed by atoms with van der Waals surface area (Å²) < 4.78 is 15.5. The van der Waals surface area contributed by atoms with E-state index in [1.54, 1.807) is 17.0 Å². The minimum absolute atomic E-state index is 0.0286. The quantitative estimate of drug-likeness (QED) is 0.681. The molecular weight excluding hydrogens is 457 g/mol. The van der Waals surface area contributed by atoms with Gasteiger partial charge in [0.2, 0.25) is 5.91 Å². The molecule has 1 unspecified atom stereocenters. The number of hydrogen-bond acceptors (Lipinski definition) is 4. The van der Waals surface area contributed by atoms with Gasteiger partial charge in [0, 0.05) is 37.4 Å². The van der Waals surface area contributed by atoms with Gasteiger partial charge in [-0.05, 0) is 73.1 Å². The van der Waals surface area contributed by atoms with Gasteiger partial charge in [-0.2, -0.15) is 0 Å². The zero-order valence-electron chi connectivity index (χ0n) is 20.0. The van der Waals surface area contributed by atoms with Crippen molar-refractivity contribution in [2.24, 2.45) is 22.7 Å². The van der Waals surface area contributed by atoms with Gasteiger partial charge >= 0.3 is 0 Å². The maximum absolute atomic E-state index is 15.5. The second-order valence-electron chi connectivity index (χ2n) is 11.0. The molecule has 6 nitrogen and oxygen atoms in total. The minimum Gasteiger partial charge on any atom is -0.508 e. The lowest BCUT2D eigenvalue weighted by Crippen LogP contribution is -2.55. The van der Waals surface area contributed by atoms with Crippen LogP contribution in [0.5, 0.6) is 0 Å². The van der Waals surface area contributed by atoms with Gasteiger partial charge in [0.25, 0.3) is 5.91 Å². The Morgan fingerprint density at radius 3 is 2.72 bits per heavy atom. The first-order valence-corrected chi connectivity index (χ1v) is 12.9. The van der Waals surface area contributed by atoms with Crippen molar-refractivity contribution in [1.82, 2.24) is 9.80 Å². The van der Waals surface area contributed by atoms with Crippen LogP contribution in [0, 0.1) is 23.6 Å². The molecule has 0 aromatic heterocycles. The SMILES string of the molecule is O=C(C1CC1)N1CC(CN2C(=O)C3(CC3)N=C2c2ccc(C3=CCC4C=C(O)C=CC4=C3)cc2F)C1. The monoisotopic (exact) mass is 485 g/mol. The first-order valence-electron chi connectivity index (χ1n) is 12.9. The summed E-state index contributed by atoms with van der Waals surface area (Å²) in [5.41, 5.74) is 2.47. The molecule has 0 radical (unpaired) electrons. The number of nitrogens with zero attached hydrogens (tertiary/aromatic N) is 3. The number of carbonyl (C=O) groups excluding carboxylic acids is 2. The molecule has 1 saturated heterocycles. The summed E-state index contributed by atoms with van der Waals surface area (Å²) in [7, 11) is 0. The Kier molecular flexibility index (Phi) is 4.69. The Morgan fingerprint density at radius 2 is 2.00 bits per heavy atom. The summed E-state index contributed by atoms with van der Waals surface area (Å²) in [6.07, 6.45) is 13.7. The Hall–Kier alpha value is -3.48. The van der Waals surface area contributed by atoms with Crippen molar-refractivity contribution < 1.29 is 19.1 Å². The van der Waals surface area contributed by atoms with Crippen molar-refractivity contribution in [3.05, 3.63) is 76.9 Å². The summed E-state index contributed by atoms with van der Waals surface area (Å²) in [5, 5.41) is 9.74. The molecule has 4 aliphatic carbocycles. The van der Waals surface area contributed by atoms with Crippen molar-refractivity contribution in [1.29, 1.82) is 0 Å². The number of hydrogen-bond donors (Lipinski definition) is 1. The first-order chi connectivity index (χ1) is 17.4. The van der Waals surface area contributed by atoms with Crippen LogP contribution in [0.2, 0.25) is 0 Å². The van der Waals surface area contributed by atoms with Crippen LogP contribution < -0.4 is 0 Å². The standard InChI is InChI=1S/C29H28FN3O3/c30-25-13-22(19-3-4-21-12-23(34)7-5-20(21)11-19)6-8-24(25)26-31-29(9-10-29)28(36)33(26)16-17-14-32(15-17)27(35)18-1-2-18/h3,5-8,11-13,17-18,21,34H,1-2,4,9-10,14-16H2. The third-order valence-corrected chi connectivity index (χ3v) is 8.28. The maximum atomic E-state index is 15.5. The number of rotatable bonds is 5. The normalized spacial score (nSPS) is 26.2. The van der Waals surface area contributed by atoms with E-state index in [-0.39, 0.29) is 41.1 Å². The lowest BCUT2D eigenvalue weighted by atomic mass is 9.83. The number of aliphatic imine (C=N–C) groups is 1. The van der Waals surface area contributed by atoms with Crippen molar-refractivity contribution >= 4 is 23.2 Å². The second kappa shape index (κ2) is 7.76. The predicted octanol–water partition coefficient (Wildman–Crippen LogP) is 4.16. The number of benzene rings is 1. The lowest BCUT2D eigenvalue weighted by Gasteiger charge is -2.41. The predicted molar refractivity (Wildman–Crippen MR) is 133 cm³/mol. The number of allylic oxidation sites excluding steroid dienone is 7. The molecule has 36 heavy (non-hydrogen) atoms. The van der Waals surface area contributed by atoms with Gasteiger partial charge in [0.15, 0.2) is 0 Å². The molecule has 1 N–H and O–H groups in total. The molecule has 2 aliphatic heterocycles. The van der Waals surface area contributed by atoms with E-state index in [1.807, 2.05) is 29.2 Å². The van der Waals surface area contributed by atoms with Gasteiger partial charge in [0.1, 0.15) is 23.0 Å². The largest absolute Gasteiger partial charge is 0.508 e. The molecule has 6 aliphatic rings. The summed E-state index contributed by atoms with van der Waals surface area (Å²) >= 11 is 0. The number of aliphatic hydroxyl groups is 1. The van der Waals surface area contributed by atoms with Gasteiger partial charge in [0.05, 0.1) is 5.56 Å². The zero-order chi connectivity index (χ0) is 24.6. The highest BCUT2D eigenvalue weighted by molar-refractivity contribution is 6.16. The van der Waals surface area contributed by atoms with Crippen LogP contribution in [0.3, 0.4) is 0 Å². The maximum Gasteiger partial charge on any atom is 0.256 e. The average Bonchev–Trinajstić information content (AvgIpc) is 3.76. The molecular formula is C29H28FN3O3. The summed E-state index contributed by atoms with van der Waals surface area (Å²) in [5.74, 6) is 1.08. The molecule has 1 atom stereocenters. The van der Waals surface area contributed by atoms with Crippen molar-refractivity contribution in [3.63, 3.8) is 0 Å². The smallest absolute Gasteiger partial charge is 0.256 e. The number of fused-ring (bicyclic) bond motifs is 1. The summed E-state index contributed by atoms with van der Waals surface area (Å²) in [6.45, 7) is 1.79. The number of carbonyl (C=O) groups is 2. The van der Waals surface area contributed by atoms with Gasteiger partial charge in [-0.15, -0.1) is 0 Å². The number of likely N-dealkylation sites (tertiary alicyclic amines) is 1. The van der Waals surface area contributed by atoms with Crippen LogP contribution in [0.1, 0.15) is 43.2 Å². The third-order valence-electron chi connectivity index (χ3n) is 8.28. The molecule has 1 aromatic rings. The van der Waals surface area contributed by atoms with E-state index in [2.05, 4.69) is 6.08 Å². The summed E-state index contributed by atoms with van der Waals surface area (Å²) in [4.78, 5) is 33.8. The molecule has 1 aromatic carbocycles. The van der Waals surface area contributed by atoms with Crippen LogP contribution in [0.4, 0.5) is 4.39 Å². The van der Waals surface area contributed by atoms with Crippen LogP contribution in [-0.4, -0.2) is 57.7 Å². The van der Waals surface area contributed by atoms with E-state index in [0.717, 1.165) is 36.0 Å². The van der Waals surface area contributed by atoms with Gasteiger partial charge < -0.3 is 10.0 Å². The highest BCUT2D eigenvalue weighted by atomic mass is 19.1. The topological polar surface area (TPSA) is 73.2 Å². The molecule has 3 fully saturated rings. The van der Waals surface area contributed by atoms with E-state index in [9.17, 15) is 14.7 Å². The molecule has 0 bridgehead atoms. The fourth-order valence-corrected chi connectivity index (χ4v) is 5.78.